The van der Waals surface area contributed by atoms with Crippen LogP contribution >= 0.6 is 0 Å². The average molecular weight is 189 g/mol. The number of rotatable bonds is 5. The van der Waals surface area contributed by atoms with Gasteiger partial charge >= 0.3 is 5.97 Å². The molecule has 1 rings (SSSR count). The third-order valence-corrected chi connectivity index (χ3v) is 1.99. The lowest BCUT2D eigenvalue weighted by Crippen LogP contribution is -2.35. The van der Waals surface area contributed by atoms with Crippen LogP contribution in [0.25, 0.3) is 0 Å². The fourth-order valence-electron chi connectivity index (χ4n) is 1.15. The highest BCUT2D eigenvalue weighted by atomic mass is 16.5. The third-order valence-electron chi connectivity index (χ3n) is 1.99. The number of aliphatic carboxylic acids is 1. The summed E-state index contributed by atoms with van der Waals surface area (Å²) in [6, 6.07) is -0.915. The molecule has 2 unspecified atom stereocenters. The number of carbonyl (C=O) groups is 1. The second kappa shape index (κ2) is 5.16. The van der Waals surface area contributed by atoms with Gasteiger partial charge in [0, 0.05) is 12.5 Å². The predicted molar refractivity (Wildman–Crippen MR) is 45.4 cm³/mol. The highest BCUT2D eigenvalue weighted by molar-refractivity contribution is 5.73. The normalized spacial score (nSPS) is 24.5. The summed E-state index contributed by atoms with van der Waals surface area (Å²) >= 11 is 0. The van der Waals surface area contributed by atoms with Crippen LogP contribution in [0.1, 0.15) is 6.42 Å². The highest BCUT2D eigenvalue weighted by Crippen LogP contribution is 2.12. The van der Waals surface area contributed by atoms with Crippen molar-refractivity contribution >= 4 is 5.97 Å². The van der Waals surface area contributed by atoms with E-state index in [0.717, 1.165) is 13.0 Å². The largest absolute Gasteiger partial charge is 0.480 e. The summed E-state index contributed by atoms with van der Waals surface area (Å²) in [5.74, 6) is -0.622. The second-order valence-electron chi connectivity index (χ2n) is 3.21. The molecule has 0 radical (unpaired) electrons. The Morgan fingerprint density at radius 1 is 1.77 bits per heavy atom. The molecule has 5 nitrogen and oxygen atoms in total. The van der Waals surface area contributed by atoms with Crippen molar-refractivity contribution in [1.29, 1.82) is 0 Å². The van der Waals surface area contributed by atoms with Crippen molar-refractivity contribution in [3.8, 4) is 0 Å². The zero-order chi connectivity index (χ0) is 9.68. The van der Waals surface area contributed by atoms with E-state index < -0.39 is 12.0 Å². The molecule has 1 aliphatic rings. The van der Waals surface area contributed by atoms with E-state index in [0.29, 0.717) is 19.1 Å². The van der Waals surface area contributed by atoms with Crippen LogP contribution in [0.3, 0.4) is 0 Å². The Kier molecular flexibility index (Phi) is 4.14. The summed E-state index contributed by atoms with van der Waals surface area (Å²) < 4.78 is 10.3. The average Bonchev–Trinajstić information content (AvgIpc) is 2.56. The standard InChI is InChI=1S/C8H15NO4/c9-7(8(10)11)5-13-4-6-1-2-12-3-6/h6-7H,1-5,9H2,(H,10,11). The van der Waals surface area contributed by atoms with Crippen LogP contribution in [0.5, 0.6) is 0 Å². The monoisotopic (exact) mass is 189 g/mol. The smallest absolute Gasteiger partial charge is 0.322 e. The van der Waals surface area contributed by atoms with Gasteiger partial charge in [0.05, 0.1) is 19.8 Å². The van der Waals surface area contributed by atoms with Crippen molar-refractivity contribution < 1.29 is 19.4 Å². The minimum Gasteiger partial charge on any atom is -0.480 e. The van der Waals surface area contributed by atoms with Gasteiger partial charge in [-0.2, -0.15) is 0 Å². The van der Waals surface area contributed by atoms with Crippen molar-refractivity contribution in [2.45, 2.75) is 12.5 Å². The number of hydrogen-bond donors (Lipinski definition) is 2. The van der Waals surface area contributed by atoms with E-state index >= 15 is 0 Å². The predicted octanol–water partition coefficient (Wildman–Crippen LogP) is -0.549. The van der Waals surface area contributed by atoms with Crippen molar-refractivity contribution in [3.05, 3.63) is 0 Å². The van der Waals surface area contributed by atoms with Gasteiger partial charge in [0.15, 0.2) is 0 Å². The van der Waals surface area contributed by atoms with Gasteiger partial charge in [-0.3, -0.25) is 4.79 Å². The molecule has 0 aromatic rings. The molecule has 3 N–H and O–H groups in total. The minimum atomic E-state index is -1.03. The van der Waals surface area contributed by atoms with Crippen molar-refractivity contribution in [3.63, 3.8) is 0 Å². The lowest BCUT2D eigenvalue weighted by Gasteiger charge is -2.10. The Morgan fingerprint density at radius 3 is 3.08 bits per heavy atom. The van der Waals surface area contributed by atoms with E-state index in [-0.39, 0.29) is 6.61 Å². The minimum absolute atomic E-state index is 0.0752. The van der Waals surface area contributed by atoms with E-state index in [1.54, 1.807) is 0 Å². The molecule has 1 heterocycles. The van der Waals surface area contributed by atoms with Gasteiger partial charge in [0.25, 0.3) is 0 Å². The Hall–Kier alpha value is -0.650. The first-order chi connectivity index (χ1) is 6.20. The molecule has 0 aliphatic carbocycles. The Balaban J connectivity index is 2.02. The molecule has 5 heteroatoms. The molecule has 0 saturated carbocycles. The third kappa shape index (κ3) is 3.71. The Morgan fingerprint density at radius 2 is 2.54 bits per heavy atom. The maximum absolute atomic E-state index is 10.3. The maximum Gasteiger partial charge on any atom is 0.322 e. The fourth-order valence-corrected chi connectivity index (χ4v) is 1.15. The summed E-state index contributed by atoms with van der Waals surface area (Å²) in [5.41, 5.74) is 5.25. The van der Waals surface area contributed by atoms with E-state index in [1.165, 1.54) is 0 Å². The number of carboxylic acid groups (broad SMARTS) is 1. The van der Waals surface area contributed by atoms with E-state index in [2.05, 4.69) is 0 Å². The van der Waals surface area contributed by atoms with Gasteiger partial charge < -0.3 is 20.3 Å². The quantitative estimate of drug-likeness (QED) is 0.606. The lowest BCUT2D eigenvalue weighted by atomic mass is 10.1. The van der Waals surface area contributed by atoms with Crippen LogP contribution in [-0.4, -0.2) is 43.5 Å². The first kappa shape index (κ1) is 10.4. The number of carboxylic acids is 1. The summed E-state index contributed by atoms with van der Waals surface area (Å²) in [5, 5.41) is 8.44. The van der Waals surface area contributed by atoms with Gasteiger partial charge in [-0.05, 0) is 6.42 Å². The first-order valence-corrected chi connectivity index (χ1v) is 4.34. The molecule has 0 spiro atoms. The summed E-state index contributed by atoms with van der Waals surface area (Å²) in [4.78, 5) is 10.3. The van der Waals surface area contributed by atoms with E-state index in [9.17, 15) is 4.79 Å². The highest BCUT2D eigenvalue weighted by Gasteiger charge is 2.17. The topological polar surface area (TPSA) is 81.8 Å². The molecule has 76 valence electrons. The maximum atomic E-state index is 10.3. The van der Waals surface area contributed by atoms with Crippen LogP contribution in [0.2, 0.25) is 0 Å². The molecular formula is C8H15NO4. The molecule has 0 amide bonds. The zero-order valence-electron chi connectivity index (χ0n) is 7.44. The van der Waals surface area contributed by atoms with Crippen LogP contribution in [0, 0.1) is 5.92 Å². The van der Waals surface area contributed by atoms with E-state index in [1.807, 2.05) is 0 Å². The van der Waals surface area contributed by atoms with Gasteiger partial charge in [-0.15, -0.1) is 0 Å². The van der Waals surface area contributed by atoms with Crippen LogP contribution in [-0.2, 0) is 14.3 Å². The Bertz CT molecular complexity index is 168. The fraction of sp³-hybridized carbons (Fsp3) is 0.875. The van der Waals surface area contributed by atoms with Crippen molar-refractivity contribution in [2.75, 3.05) is 26.4 Å². The summed E-state index contributed by atoms with van der Waals surface area (Å²) in [6.07, 6.45) is 0.988. The molecule has 1 fully saturated rings. The molecule has 0 bridgehead atoms. The summed E-state index contributed by atoms with van der Waals surface area (Å²) in [6.45, 7) is 2.11. The van der Waals surface area contributed by atoms with Crippen LogP contribution < -0.4 is 5.73 Å². The number of ether oxygens (including phenoxy) is 2. The molecule has 1 aliphatic heterocycles. The number of hydrogen-bond acceptors (Lipinski definition) is 4. The first-order valence-electron chi connectivity index (χ1n) is 4.34. The lowest BCUT2D eigenvalue weighted by molar-refractivity contribution is -0.140. The summed E-state index contributed by atoms with van der Waals surface area (Å²) in [7, 11) is 0. The SMILES string of the molecule is NC(COCC1CCOC1)C(=O)O. The van der Waals surface area contributed by atoms with Crippen LogP contribution in [0.4, 0.5) is 0 Å². The van der Waals surface area contributed by atoms with Crippen molar-refractivity contribution in [2.24, 2.45) is 11.7 Å². The second-order valence-corrected chi connectivity index (χ2v) is 3.21. The number of nitrogens with two attached hydrogens (primary N) is 1. The molecular weight excluding hydrogens is 174 g/mol. The van der Waals surface area contributed by atoms with E-state index in [4.69, 9.17) is 20.3 Å². The zero-order valence-corrected chi connectivity index (χ0v) is 7.44. The molecule has 0 aromatic carbocycles. The molecule has 2 atom stereocenters. The Labute approximate surface area is 76.8 Å². The van der Waals surface area contributed by atoms with Crippen LogP contribution in [0.15, 0.2) is 0 Å². The molecule has 13 heavy (non-hydrogen) atoms. The van der Waals surface area contributed by atoms with Crippen molar-refractivity contribution in [1.82, 2.24) is 0 Å². The molecule has 1 saturated heterocycles. The van der Waals surface area contributed by atoms with Gasteiger partial charge in [-0.25, -0.2) is 0 Å². The van der Waals surface area contributed by atoms with Gasteiger partial charge in [0.1, 0.15) is 6.04 Å². The van der Waals surface area contributed by atoms with Gasteiger partial charge in [-0.1, -0.05) is 0 Å². The van der Waals surface area contributed by atoms with Gasteiger partial charge in [0.2, 0.25) is 0 Å². The molecule has 0 aromatic heterocycles.